The molecule has 3 heterocycles. The molecule has 176 valence electrons. The smallest absolute Gasteiger partial charge is 0.293 e. The zero-order valence-electron chi connectivity index (χ0n) is 18.9. The Labute approximate surface area is 206 Å². The van der Waals surface area contributed by atoms with Crippen LogP contribution in [-0.2, 0) is 19.5 Å². The number of carbonyl (C=O) groups excluding carboxylic acids is 1. The van der Waals surface area contributed by atoms with Crippen LogP contribution in [0.3, 0.4) is 0 Å². The van der Waals surface area contributed by atoms with Gasteiger partial charge in [0.25, 0.3) is 11.5 Å². The first-order valence-electron chi connectivity index (χ1n) is 11.3. The number of rotatable bonds is 8. The van der Waals surface area contributed by atoms with Crippen LogP contribution in [0.25, 0.3) is 11.0 Å². The molecule has 0 radical (unpaired) electrons. The number of aromatic nitrogens is 3. The molecular formula is C27H23ClN4O3. The number of benzene rings is 2. The van der Waals surface area contributed by atoms with Crippen LogP contribution in [0.15, 0.2) is 94.3 Å². The molecule has 7 nitrogen and oxygen atoms in total. The number of imidazole rings is 1. The molecule has 8 heteroatoms. The SMILES string of the molecule is O=C(Nc1nc2cc(Cl)ccc2n1CCCc1ccccc1)c1ccc(Cn2ccccc2=O)o1. The first kappa shape index (κ1) is 22.7. The van der Waals surface area contributed by atoms with E-state index in [0.717, 1.165) is 18.4 Å². The van der Waals surface area contributed by atoms with E-state index in [2.05, 4.69) is 22.4 Å². The van der Waals surface area contributed by atoms with Crippen LogP contribution in [0, 0.1) is 0 Å². The van der Waals surface area contributed by atoms with Gasteiger partial charge in [0.15, 0.2) is 5.76 Å². The fraction of sp³-hybridized carbons (Fsp3) is 0.148. The number of hydrogen-bond donors (Lipinski definition) is 1. The third kappa shape index (κ3) is 5.20. The Hall–Kier alpha value is -4.10. The Bertz CT molecular complexity index is 1540. The average Bonchev–Trinajstić information content (AvgIpc) is 3.46. The second-order valence-corrected chi connectivity index (χ2v) is 8.63. The molecule has 3 aromatic heterocycles. The summed E-state index contributed by atoms with van der Waals surface area (Å²) in [7, 11) is 0. The summed E-state index contributed by atoms with van der Waals surface area (Å²) in [6, 6.07) is 24.0. The minimum atomic E-state index is -0.414. The molecular weight excluding hydrogens is 464 g/mol. The molecule has 5 aromatic rings. The molecule has 0 unspecified atom stereocenters. The number of furan rings is 1. The number of amides is 1. The van der Waals surface area contributed by atoms with Crippen molar-refractivity contribution in [1.82, 2.24) is 14.1 Å². The summed E-state index contributed by atoms with van der Waals surface area (Å²) >= 11 is 6.17. The van der Waals surface area contributed by atoms with E-state index in [0.29, 0.717) is 28.8 Å². The van der Waals surface area contributed by atoms with Crippen LogP contribution in [0.4, 0.5) is 5.95 Å². The highest BCUT2D eigenvalue weighted by molar-refractivity contribution is 6.31. The zero-order chi connectivity index (χ0) is 24.2. The summed E-state index contributed by atoms with van der Waals surface area (Å²) < 4.78 is 9.22. The summed E-state index contributed by atoms with van der Waals surface area (Å²) in [5.74, 6) is 0.663. The highest BCUT2D eigenvalue weighted by atomic mass is 35.5. The Morgan fingerprint density at radius 3 is 2.66 bits per heavy atom. The summed E-state index contributed by atoms with van der Waals surface area (Å²) in [4.78, 5) is 29.5. The Balaban J connectivity index is 1.35. The molecule has 1 amide bonds. The van der Waals surface area contributed by atoms with E-state index in [1.54, 1.807) is 36.5 Å². The number of nitrogens with one attached hydrogen (secondary N) is 1. The largest absolute Gasteiger partial charge is 0.454 e. The van der Waals surface area contributed by atoms with Gasteiger partial charge in [0, 0.05) is 23.8 Å². The van der Waals surface area contributed by atoms with Crippen LogP contribution in [0.5, 0.6) is 0 Å². The number of hydrogen-bond acceptors (Lipinski definition) is 4. The van der Waals surface area contributed by atoms with Crippen molar-refractivity contribution in [3.8, 4) is 0 Å². The minimum absolute atomic E-state index is 0.141. The van der Waals surface area contributed by atoms with Gasteiger partial charge in [-0.25, -0.2) is 4.98 Å². The van der Waals surface area contributed by atoms with Crippen molar-refractivity contribution in [2.45, 2.75) is 25.9 Å². The molecule has 0 aliphatic heterocycles. The minimum Gasteiger partial charge on any atom is -0.454 e. The van der Waals surface area contributed by atoms with Gasteiger partial charge in [-0.2, -0.15) is 0 Å². The third-order valence-corrected chi connectivity index (χ3v) is 5.97. The zero-order valence-corrected chi connectivity index (χ0v) is 19.6. The lowest BCUT2D eigenvalue weighted by atomic mass is 10.1. The fourth-order valence-corrected chi connectivity index (χ4v) is 4.18. The Kier molecular flexibility index (Phi) is 6.50. The third-order valence-electron chi connectivity index (χ3n) is 5.74. The second kappa shape index (κ2) is 10.0. The molecule has 2 aromatic carbocycles. The fourth-order valence-electron chi connectivity index (χ4n) is 4.02. The van der Waals surface area contributed by atoms with E-state index in [4.69, 9.17) is 16.0 Å². The predicted octanol–water partition coefficient (Wildman–Crippen LogP) is 5.38. The Morgan fingerprint density at radius 2 is 1.83 bits per heavy atom. The maximum absolute atomic E-state index is 13.0. The van der Waals surface area contributed by atoms with Gasteiger partial charge >= 0.3 is 0 Å². The summed E-state index contributed by atoms with van der Waals surface area (Å²) in [5, 5.41) is 3.46. The van der Waals surface area contributed by atoms with Crippen molar-refractivity contribution >= 4 is 34.5 Å². The number of anilines is 1. The maximum Gasteiger partial charge on any atom is 0.293 e. The van der Waals surface area contributed by atoms with E-state index in [1.165, 1.54) is 16.2 Å². The topological polar surface area (TPSA) is 82.1 Å². The molecule has 0 saturated carbocycles. The summed E-state index contributed by atoms with van der Waals surface area (Å²) in [6.07, 6.45) is 3.45. The second-order valence-electron chi connectivity index (χ2n) is 8.20. The first-order valence-corrected chi connectivity index (χ1v) is 11.7. The lowest BCUT2D eigenvalue weighted by molar-refractivity contribution is 0.0993. The van der Waals surface area contributed by atoms with Gasteiger partial charge in [-0.05, 0) is 54.8 Å². The van der Waals surface area contributed by atoms with Gasteiger partial charge in [0.1, 0.15) is 5.76 Å². The van der Waals surface area contributed by atoms with E-state index >= 15 is 0 Å². The van der Waals surface area contributed by atoms with E-state index in [-0.39, 0.29) is 17.9 Å². The number of halogens is 1. The van der Waals surface area contributed by atoms with Crippen LogP contribution in [-0.4, -0.2) is 20.0 Å². The van der Waals surface area contributed by atoms with Crippen LogP contribution >= 0.6 is 11.6 Å². The highest BCUT2D eigenvalue weighted by Crippen LogP contribution is 2.24. The summed E-state index contributed by atoms with van der Waals surface area (Å²) in [6.45, 7) is 0.909. The summed E-state index contributed by atoms with van der Waals surface area (Å²) in [5.41, 5.74) is 2.71. The van der Waals surface area contributed by atoms with Crippen LogP contribution in [0.1, 0.15) is 28.3 Å². The van der Waals surface area contributed by atoms with Crippen molar-refractivity contribution in [2.75, 3.05) is 5.32 Å². The van der Waals surface area contributed by atoms with Crippen molar-refractivity contribution in [2.24, 2.45) is 0 Å². The monoisotopic (exact) mass is 486 g/mol. The number of pyridine rings is 1. The molecule has 0 saturated heterocycles. The molecule has 5 rings (SSSR count). The molecule has 0 aliphatic carbocycles. The lowest BCUT2D eigenvalue weighted by Gasteiger charge is -2.10. The van der Waals surface area contributed by atoms with Gasteiger partial charge in [0.2, 0.25) is 5.95 Å². The molecule has 0 bridgehead atoms. The number of nitrogens with zero attached hydrogens (tertiary/aromatic N) is 3. The van der Waals surface area contributed by atoms with E-state index < -0.39 is 5.91 Å². The number of carbonyl (C=O) groups is 1. The quantitative estimate of drug-likeness (QED) is 0.319. The van der Waals surface area contributed by atoms with Crippen molar-refractivity contribution in [1.29, 1.82) is 0 Å². The molecule has 35 heavy (non-hydrogen) atoms. The first-order chi connectivity index (χ1) is 17.1. The molecule has 1 N–H and O–H groups in total. The van der Waals surface area contributed by atoms with Crippen LogP contribution < -0.4 is 10.9 Å². The van der Waals surface area contributed by atoms with Gasteiger partial charge < -0.3 is 13.6 Å². The van der Waals surface area contributed by atoms with E-state index in [1.807, 2.05) is 34.9 Å². The van der Waals surface area contributed by atoms with Crippen molar-refractivity contribution < 1.29 is 9.21 Å². The van der Waals surface area contributed by atoms with Crippen molar-refractivity contribution in [3.05, 3.63) is 118 Å². The van der Waals surface area contributed by atoms with Crippen molar-refractivity contribution in [3.63, 3.8) is 0 Å². The average molecular weight is 487 g/mol. The van der Waals surface area contributed by atoms with E-state index in [9.17, 15) is 9.59 Å². The molecule has 0 aliphatic rings. The van der Waals surface area contributed by atoms with Gasteiger partial charge in [0.05, 0.1) is 17.6 Å². The van der Waals surface area contributed by atoms with Gasteiger partial charge in [-0.15, -0.1) is 0 Å². The molecule has 0 spiro atoms. The highest BCUT2D eigenvalue weighted by Gasteiger charge is 2.17. The maximum atomic E-state index is 13.0. The predicted molar refractivity (Wildman–Crippen MR) is 136 cm³/mol. The Morgan fingerprint density at radius 1 is 1.00 bits per heavy atom. The van der Waals surface area contributed by atoms with Crippen LogP contribution in [0.2, 0.25) is 5.02 Å². The van der Waals surface area contributed by atoms with Gasteiger partial charge in [-0.1, -0.05) is 48.0 Å². The molecule has 0 fully saturated rings. The molecule has 0 atom stereocenters. The standard InChI is InChI=1S/C27H23ClN4O3/c28-20-11-13-23-22(17-20)29-27(32(23)16-6-9-19-7-2-1-3-8-19)30-26(34)24-14-12-21(35-24)18-31-15-5-4-10-25(31)33/h1-5,7-8,10-15,17H,6,9,16,18H2,(H,29,30,34). The number of fused-ring (bicyclic) bond motifs is 1. The normalized spacial score (nSPS) is 11.1. The lowest BCUT2D eigenvalue weighted by Crippen LogP contribution is -2.18. The number of aryl methyl sites for hydroxylation is 2. The van der Waals surface area contributed by atoms with Gasteiger partial charge in [-0.3, -0.25) is 14.9 Å².